The summed E-state index contributed by atoms with van der Waals surface area (Å²) in [6.45, 7) is 12.2. The quantitative estimate of drug-likeness (QED) is 0.658. The normalized spacial score (nSPS) is 15.5. The zero-order valence-corrected chi connectivity index (χ0v) is 17.6. The van der Waals surface area contributed by atoms with Crippen LogP contribution in [0.1, 0.15) is 38.8 Å². The fourth-order valence-electron chi connectivity index (χ4n) is 4.34. The second-order valence-electron chi connectivity index (χ2n) is 7.30. The van der Waals surface area contributed by atoms with E-state index in [9.17, 15) is 4.79 Å². The van der Waals surface area contributed by atoms with Crippen molar-refractivity contribution in [2.24, 2.45) is 0 Å². The Labute approximate surface area is 172 Å². The van der Waals surface area contributed by atoms with Crippen LogP contribution in [0.3, 0.4) is 0 Å². The minimum Gasteiger partial charge on any atom is -0.456 e. The van der Waals surface area contributed by atoms with Crippen molar-refractivity contribution in [2.75, 3.05) is 36.0 Å². The maximum Gasteiger partial charge on any atom is 0.332 e. The van der Waals surface area contributed by atoms with Crippen LogP contribution >= 0.6 is 0 Å². The summed E-state index contributed by atoms with van der Waals surface area (Å²) in [5.74, 6) is 1.14. The van der Waals surface area contributed by atoms with Crippen LogP contribution in [0.15, 0.2) is 48.6 Å². The van der Waals surface area contributed by atoms with Crippen LogP contribution < -0.4 is 14.5 Å². The number of carbonyl (C=O) groups is 1. The highest BCUT2D eigenvalue weighted by Crippen LogP contribution is 2.52. The van der Waals surface area contributed by atoms with E-state index in [4.69, 9.17) is 9.47 Å². The van der Waals surface area contributed by atoms with Gasteiger partial charge in [-0.15, -0.1) is 0 Å². The van der Waals surface area contributed by atoms with E-state index in [0.29, 0.717) is 0 Å². The third-order valence-corrected chi connectivity index (χ3v) is 5.92. The van der Waals surface area contributed by atoms with Crippen LogP contribution in [0.2, 0.25) is 0 Å². The SMILES string of the molecule is CCN(CC)c1ccc2c(c1)Oc1cc(N(CC)CC)ccc1C21C=CC(=O)O1. The number of benzene rings is 2. The van der Waals surface area contributed by atoms with Gasteiger partial charge in [-0.05, 0) is 58.0 Å². The number of ether oxygens (including phenoxy) is 2. The Kier molecular flexibility index (Phi) is 4.99. The molecule has 0 N–H and O–H groups in total. The third kappa shape index (κ3) is 3.05. The van der Waals surface area contributed by atoms with Crippen LogP contribution in [0.25, 0.3) is 0 Å². The number of fused-ring (bicyclic) bond motifs is 4. The molecule has 0 radical (unpaired) electrons. The van der Waals surface area contributed by atoms with E-state index in [1.54, 1.807) is 0 Å². The molecule has 0 saturated carbocycles. The lowest BCUT2D eigenvalue weighted by Crippen LogP contribution is -2.31. The smallest absolute Gasteiger partial charge is 0.332 e. The highest BCUT2D eigenvalue weighted by atomic mass is 16.6. The zero-order chi connectivity index (χ0) is 20.6. The summed E-state index contributed by atoms with van der Waals surface area (Å²) in [6.07, 6.45) is 3.36. The molecule has 5 nitrogen and oxygen atoms in total. The van der Waals surface area contributed by atoms with Gasteiger partial charge in [0, 0.05) is 66.9 Å². The van der Waals surface area contributed by atoms with Crippen molar-refractivity contribution >= 4 is 17.3 Å². The first-order valence-electron chi connectivity index (χ1n) is 10.4. The van der Waals surface area contributed by atoms with Crippen LogP contribution in [-0.4, -0.2) is 32.1 Å². The number of rotatable bonds is 6. The predicted octanol–water partition coefficient (Wildman–Crippen LogP) is 4.84. The van der Waals surface area contributed by atoms with E-state index in [1.165, 1.54) is 6.08 Å². The third-order valence-electron chi connectivity index (χ3n) is 5.92. The highest BCUT2D eigenvalue weighted by molar-refractivity contribution is 5.87. The summed E-state index contributed by atoms with van der Waals surface area (Å²) in [6, 6.07) is 12.3. The lowest BCUT2D eigenvalue weighted by atomic mass is 9.83. The molecule has 0 aliphatic carbocycles. The monoisotopic (exact) mass is 392 g/mol. The molecule has 29 heavy (non-hydrogen) atoms. The van der Waals surface area contributed by atoms with Gasteiger partial charge in [0.2, 0.25) is 0 Å². The van der Waals surface area contributed by atoms with Crippen molar-refractivity contribution < 1.29 is 14.3 Å². The summed E-state index contributed by atoms with van der Waals surface area (Å²) >= 11 is 0. The topological polar surface area (TPSA) is 42.0 Å². The Balaban J connectivity index is 1.86. The molecule has 152 valence electrons. The van der Waals surface area contributed by atoms with Crippen LogP contribution in [0, 0.1) is 0 Å². The van der Waals surface area contributed by atoms with Gasteiger partial charge in [0.05, 0.1) is 0 Å². The minimum absolute atomic E-state index is 0.329. The van der Waals surface area contributed by atoms with E-state index < -0.39 is 5.60 Å². The predicted molar refractivity (Wildman–Crippen MR) is 116 cm³/mol. The summed E-state index contributed by atoms with van der Waals surface area (Å²) in [4.78, 5) is 16.7. The van der Waals surface area contributed by atoms with Crippen molar-refractivity contribution in [3.05, 3.63) is 59.7 Å². The van der Waals surface area contributed by atoms with Crippen LogP contribution in [0.4, 0.5) is 11.4 Å². The van der Waals surface area contributed by atoms with E-state index >= 15 is 0 Å². The van der Waals surface area contributed by atoms with E-state index in [-0.39, 0.29) is 5.97 Å². The Bertz CT molecular complexity index is 897. The van der Waals surface area contributed by atoms with Gasteiger partial charge in [-0.1, -0.05) is 0 Å². The zero-order valence-electron chi connectivity index (χ0n) is 17.6. The molecule has 0 unspecified atom stereocenters. The van der Waals surface area contributed by atoms with Gasteiger partial charge < -0.3 is 19.3 Å². The number of nitrogens with zero attached hydrogens (tertiary/aromatic N) is 2. The summed E-state index contributed by atoms with van der Waals surface area (Å²) in [7, 11) is 0. The van der Waals surface area contributed by atoms with E-state index in [0.717, 1.165) is 60.2 Å². The van der Waals surface area contributed by atoms with Gasteiger partial charge in [0.25, 0.3) is 0 Å². The first kappa shape index (κ1) is 19.4. The second-order valence-corrected chi connectivity index (χ2v) is 7.30. The lowest BCUT2D eigenvalue weighted by Gasteiger charge is -2.36. The molecule has 0 fully saturated rings. The molecule has 0 bridgehead atoms. The fraction of sp³-hybridized carbons (Fsp3) is 0.375. The lowest BCUT2D eigenvalue weighted by molar-refractivity contribution is -0.143. The van der Waals surface area contributed by atoms with Crippen LogP contribution in [0.5, 0.6) is 11.5 Å². The van der Waals surface area contributed by atoms with Crippen molar-refractivity contribution in [1.29, 1.82) is 0 Å². The first-order chi connectivity index (χ1) is 14.1. The standard InChI is InChI=1S/C24H28N2O3/c1-5-25(6-2)17-9-11-19-21(15-17)28-22-16-18(26(7-3)8-4)10-12-20(22)24(19)14-13-23(27)29-24/h9-16H,5-8H2,1-4H3. The fourth-order valence-corrected chi connectivity index (χ4v) is 4.34. The molecule has 4 rings (SSSR count). The first-order valence-corrected chi connectivity index (χ1v) is 10.4. The maximum absolute atomic E-state index is 12.1. The van der Waals surface area contributed by atoms with Gasteiger partial charge in [0.15, 0.2) is 5.60 Å². The molecule has 0 amide bonds. The molecule has 0 aromatic heterocycles. The van der Waals surface area contributed by atoms with E-state index in [1.807, 2.05) is 18.2 Å². The number of hydrogen-bond acceptors (Lipinski definition) is 5. The van der Waals surface area contributed by atoms with Gasteiger partial charge in [-0.25, -0.2) is 4.79 Å². The molecule has 2 aliphatic heterocycles. The largest absolute Gasteiger partial charge is 0.456 e. The highest BCUT2D eigenvalue weighted by Gasteiger charge is 2.46. The van der Waals surface area contributed by atoms with Crippen molar-refractivity contribution in [2.45, 2.75) is 33.3 Å². The van der Waals surface area contributed by atoms with Crippen molar-refractivity contribution in [1.82, 2.24) is 0 Å². The second kappa shape index (κ2) is 7.47. The summed E-state index contributed by atoms with van der Waals surface area (Å²) in [5.41, 5.74) is 2.99. The van der Waals surface area contributed by atoms with E-state index in [2.05, 4.69) is 61.8 Å². The average Bonchev–Trinajstić information content (AvgIpc) is 3.12. The maximum atomic E-state index is 12.1. The number of anilines is 2. The molecular formula is C24H28N2O3. The van der Waals surface area contributed by atoms with Crippen LogP contribution in [-0.2, 0) is 15.1 Å². The summed E-state index contributed by atoms with van der Waals surface area (Å²) in [5, 5.41) is 0. The number of carbonyl (C=O) groups excluding carboxylic acids is 1. The average molecular weight is 392 g/mol. The van der Waals surface area contributed by atoms with Crippen molar-refractivity contribution in [3.63, 3.8) is 0 Å². The molecule has 2 heterocycles. The Hall–Kier alpha value is -2.95. The molecule has 5 heteroatoms. The molecule has 2 aromatic carbocycles. The van der Waals surface area contributed by atoms with Gasteiger partial charge in [-0.2, -0.15) is 0 Å². The number of esters is 1. The minimum atomic E-state index is -0.927. The van der Waals surface area contributed by atoms with Gasteiger partial charge >= 0.3 is 5.97 Å². The van der Waals surface area contributed by atoms with Crippen molar-refractivity contribution in [3.8, 4) is 11.5 Å². The molecule has 2 aliphatic rings. The van der Waals surface area contributed by atoms with Gasteiger partial charge in [-0.3, -0.25) is 0 Å². The molecule has 2 aromatic rings. The Morgan fingerprint density at radius 2 is 1.28 bits per heavy atom. The summed E-state index contributed by atoms with van der Waals surface area (Å²) < 4.78 is 12.3. The number of hydrogen-bond donors (Lipinski definition) is 0. The Morgan fingerprint density at radius 1 is 0.793 bits per heavy atom. The molecular weight excluding hydrogens is 364 g/mol. The molecule has 0 atom stereocenters. The van der Waals surface area contributed by atoms with Gasteiger partial charge in [0.1, 0.15) is 11.5 Å². The molecule has 1 spiro atoms. The Morgan fingerprint density at radius 3 is 1.66 bits per heavy atom. The molecule has 0 saturated heterocycles.